The molecule has 1 saturated carbocycles. The van der Waals surface area contributed by atoms with Crippen LogP contribution in [0.5, 0.6) is 0 Å². The van der Waals surface area contributed by atoms with Crippen molar-refractivity contribution >= 4 is 34.6 Å². The van der Waals surface area contributed by atoms with Crippen LogP contribution in [-0.4, -0.2) is 11.5 Å². The maximum atomic E-state index is 10.6. The van der Waals surface area contributed by atoms with Crippen LogP contribution in [0.3, 0.4) is 0 Å². The third-order valence-corrected chi connectivity index (χ3v) is 3.39. The van der Waals surface area contributed by atoms with Crippen LogP contribution in [0, 0.1) is 16.0 Å². The highest BCUT2D eigenvalue weighted by Gasteiger charge is 2.21. The zero-order chi connectivity index (χ0) is 12.4. The number of rotatable bonds is 5. The zero-order valence-electron chi connectivity index (χ0n) is 9.08. The van der Waals surface area contributed by atoms with Gasteiger partial charge < -0.3 is 5.32 Å². The summed E-state index contributed by atoms with van der Waals surface area (Å²) in [4.78, 5) is 10.1. The molecule has 0 heterocycles. The molecular weight excluding hydrogens is 263 g/mol. The second-order valence-corrected chi connectivity index (χ2v) is 5.01. The lowest BCUT2D eigenvalue weighted by atomic mass is 10.2. The molecule has 0 aromatic heterocycles. The summed E-state index contributed by atoms with van der Waals surface area (Å²) in [6, 6.07) is 2.62. The standard InChI is InChI=1S/C11H12Cl2N2O2/c12-9-5-8(15(16)17)6-10(13)11(9)14-4-3-7-1-2-7/h5-7,14H,1-4H2. The molecule has 2 rings (SSSR count). The second kappa shape index (κ2) is 5.10. The molecule has 0 aliphatic heterocycles. The minimum absolute atomic E-state index is 0.0901. The Bertz CT molecular complexity index is 424. The fourth-order valence-electron chi connectivity index (χ4n) is 1.64. The van der Waals surface area contributed by atoms with Crippen molar-refractivity contribution in [1.82, 2.24) is 0 Å². The molecule has 1 aliphatic carbocycles. The normalized spacial score (nSPS) is 14.7. The van der Waals surface area contributed by atoms with E-state index >= 15 is 0 Å². The number of nitro groups is 1. The molecular formula is C11H12Cl2N2O2. The van der Waals surface area contributed by atoms with E-state index in [2.05, 4.69) is 5.32 Å². The number of nitrogens with zero attached hydrogens (tertiary/aromatic N) is 1. The van der Waals surface area contributed by atoms with E-state index in [1.54, 1.807) is 0 Å². The molecule has 0 spiro atoms. The van der Waals surface area contributed by atoms with Crippen LogP contribution in [0.1, 0.15) is 19.3 Å². The first-order valence-electron chi connectivity index (χ1n) is 5.45. The lowest BCUT2D eigenvalue weighted by molar-refractivity contribution is -0.384. The van der Waals surface area contributed by atoms with E-state index in [9.17, 15) is 10.1 Å². The number of nitrogens with one attached hydrogen (secondary N) is 1. The van der Waals surface area contributed by atoms with Gasteiger partial charge in [0.15, 0.2) is 0 Å². The van der Waals surface area contributed by atoms with Gasteiger partial charge in [0.05, 0.1) is 20.7 Å². The lowest BCUT2D eigenvalue weighted by Gasteiger charge is -2.09. The summed E-state index contributed by atoms with van der Waals surface area (Å²) in [6.07, 6.45) is 3.68. The quantitative estimate of drug-likeness (QED) is 0.649. The molecule has 0 atom stereocenters. The van der Waals surface area contributed by atoms with E-state index in [0.717, 1.165) is 18.9 Å². The largest absolute Gasteiger partial charge is 0.383 e. The van der Waals surface area contributed by atoms with Gasteiger partial charge >= 0.3 is 0 Å². The number of hydrogen-bond acceptors (Lipinski definition) is 3. The van der Waals surface area contributed by atoms with E-state index < -0.39 is 4.92 Å². The SMILES string of the molecule is O=[N+]([O-])c1cc(Cl)c(NCCC2CC2)c(Cl)c1. The van der Waals surface area contributed by atoms with E-state index in [0.29, 0.717) is 15.7 Å². The minimum atomic E-state index is -0.508. The van der Waals surface area contributed by atoms with Gasteiger partial charge in [-0.2, -0.15) is 0 Å². The molecule has 0 radical (unpaired) electrons. The van der Waals surface area contributed by atoms with Crippen LogP contribution in [0.4, 0.5) is 11.4 Å². The van der Waals surface area contributed by atoms with Crippen molar-refractivity contribution in [1.29, 1.82) is 0 Å². The molecule has 1 fully saturated rings. The second-order valence-electron chi connectivity index (χ2n) is 4.20. The van der Waals surface area contributed by atoms with E-state index in [4.69, 9.17) is 23.2 Å². The van der Waals surface area contributed by atoms with Gasteiger partial charge in [-0.3, -0.25) is 10.1 Å². The minimum Gasteiger partial charge on any atom is -0.383 e. The van der Waals surface area contributed by atoms with Crippen LogP contribution in [0.2, 0.25) is 10.0 Å². The van der Waals surface area contributed by atoms with Gasteiger partial charge in [0.1, 0.15) is 0 Å². The molecule has 1 aromatic rings. The summed E-state index contributed by atoms with van der Waals surface area (Å²) in [6.45, 7) is 0.794. The Balaban J connectivity index is 2.07. The van der Waals surface area contributed by atoms with Gasteiger partial charge in [-0.1, -0.05) is 36.0 Å². The predicted molar refractivity (Wildman–Crippen MR) is 68.9 cm³/mol. The van der Waals surface area contributed by atoms with Crippen molar-refractivity contribution in [2.75, 3.05) is 11.9 Å². The van der Waals surface area contributed by atoms with Crippen LogP contribution in [0.15, 0.2) is 12.1 Å². The van der Waals surface area contributed by atoms with Gasteiger partial charge in [-0.25, -0.2) is 0 Å². The summed E-state index contributed by atoms with van der Waals surface area (Å²) < 4.78 is 0. The van der Waals surface area contributed by atoms with Crippen molar-refractivity contribution in [3.8, 4) is 0 Å². The van der Waals surface area contributed by atoms with Gasteiger partial charge in [-0.05, 0) is 12.3 Å². The summed E-state index contributed by atoms with van der Waals surface area (Å²) in [7, 11) is 0. The van der Waals surface area contributed by atoms with Crippen molar-refractivity contribution in [3.05, 3.63) is 32.3 Å². The summed E-state index contributed by atoms with van der Waals surface area (Å²) in [5, 5.41) is 14.3. The number of non-ortho nitro benzene ring substituents is 1. The van der Waals surface area contributed by atoms with Crippen molar-refractivity contribution in [3.63, 3.8) is 0 Å². The first kappa shape index (κ1) is 12.5. The Morgan fingerprint density at radius 1 is 1.35 bits per heavy atom. The van der Waals surface area contributed by atoms with Crippen molar-refractivity contribution < 1.29 is 4.92 Å². The maximum absolute atomic E-state index is 10.6. The fourth-order valence-corrected chi connectivity index (χ4v) is 2.25. The Labute approximate surface area is 109 Å². The molecule has 17 heavy (non-hydrogen) atoms. The van der Waals surface area contributed by atoms with Gasteiger partial charge in [0.2, 0.25) is 0 Å². The zero-order valence-corrected chi connectivity index (χ0v) is 10.6. The molecule has 0 amide bonds. The van der Waals surface area contributed by atoms with Gasteiger partial charge in [0.25, 0.3) is 5.69 Å². The Hall–Kier alpha value is -1.00. The number of anilines is 1. The van der Waals surface area contributed by atoms with Crippen LogP contribution >= 0.6 is 23.2 Å². The summed E-state index contributed by atoms with van der Waals surface area (Å²) >= 11 is 11.9. The molecule has 0 saturated heterocycles. The highest BCUT2D eigenvalue weighted by atomic mass is 35.5. The topological polar surface area (TPSA) is 55.2 Å². The van der Waals surface area contributed by atoms with Crippen LogP contribution in [-0.2, 0) is 0 Å². The summed E-state index contributed by atoms with van der Waals surface area (Å²) in [5.74, 6) is 0.818. The average molecular weight is 275 g/mol. The van der Waals surface area contributed by atoms with E-state index in [-0.39, 0.29) is 5.69 Å². The molecule has 0 unspecified atom stereocenters. The monoisotopic (exact) mass is 274 g/mol. The highest BCUT2D eigenvalue weighted by Crippen LogP contribution is 2.36. The lowest BCUT2D eigenvalue weighted by Crippen LogP contribution is -2.03. The smallest absolute Gasteiger partial charge is 0.272 e. The number of benzene rings is 1. The van der Waals surface area contributed by atoms with E-state index in [1.807, 2.05) is 0 Å². The van der Waals surface area contributed by atoms with E-state index in [1.165, 1.54) is 25.0 Å². The van der Waals surface area contributed by atoms with Gasteiger partial charge in [0, 0.05) is 18.7 Å². The molecule has 6 heteroatoms. The molecule has 1 aliphatic rings. The molecule has 4 nitrogen and oxygen atoms in total. The molecule has 0 bridgehead atoms. The van der Waals surface area contributed by atoms with Gasteiger partial charge in [-0.15, -0.1) is 0 Å². The van der Waals surface area contributed by atoms with Crippen LogP contribution < -0.4 is 5.32 Å². The Kier molecular flexibility index (Phi) is 3.74. The first-order chi connectivity index (χ1) is 8.08. The van der Waals surface area contributed by atoms with Crippen LogP contribution in [0.25, 0.3) is 0 Å². The fraction of sp³-hybridized carbons (Fsp3) is 0.455. The van der Waals surface area contributed by atoms with Crippen molar-refractivity contribution in [2.45, 2.75) is 19.3 Å². The molecule has 1 aromatic carbocycles. The summed E-state index contributed by atoms with van der Waals surface area (Å²) in [5.41, 5.74) is 0.493. The van der Waals surface area contributed by atoms with Crippen molar-refractivity contribution in [2.24, 2.45) is 5.92 Å². The number of nitro benzene ring substituents is 1. The highest BCUT2D eigenvalue weighted by molar-refractivity contribution is 6.39. The Morgan fingerprint density at radius 3 is 2.41 bits per heavy atom. The first-order valence-corrected chi connectivity index (χ1v) is 6.21. The Morgan fingerprint density at radius 2 is 1.94 bits per heavy atom. The molecule has 1 N–H and O–H groups in total. The number of halogens is 2. The third-order valence-electron chi connectivity index (χ3n) is 2.79. The molecule has 92 valence electrons. The average Bonchev–Trinajstić information content (AvgIpc) is 3.05. The predicted octanol–water partition coefficient (Wildman–Crippen LogP) is 4.11. The maximum Gasteiger partial charge on any atom is 0.272 e. The third kappa shape index (κ3) is 3.23. The number of hydrogen-bond donors (Lipinski definition) is 1.